The fourth-order valence-corrected chi connectivity index (χ4v) is 3.49. The zero-order chi connectivity index (χ0) is 20.1. The van der Waals surface area contributed by atoms with E-state index in [0.29, 0.717) is 26.2 Å². The molecule has 0 bridgehead atoms. The normalized spacial score (nSPS) is 18.2. The van der Waals surface area contributed by atoms with Crippen LogP contribution in [-0.2, 0) is 9.53 Å². The third kappa shape index (κ3) is 5.21. The minimum absolute atomic E-state index is 0.0505. The number of ether oxygens (including phenoxy) is 1. The highest BCUT2D eigenvalue weighted by molar-refractivity contribution is 5.83. The summed E-state index contributed by atoms with van der Waals surface area (Å²) in [6.45, 7) is 3.81. The van der Waals surface area contributed by atoms with E-state index in [-0.39, 0.29) is 24.7 Å². The van der Waals surface area contributed by atoms with Crippen LogP contribution in [0, 0.1) is 0 Å². The Morgan fingerprint density at radius 1 is 1.29 bits per heavy atom. The number of carboxylic acid groups (broad SMARTS) is 1. The Hall–Kier alpha value is -2.64. The van der Waals surface area contributed by atoms with Gasteiger partial charge in [-0.15, -0.1) is 0 Å². The van der Waals surface area contributed by atoms with Crippen molar-refractivity contribution in [3.8, 4) is 0 Å². The molecule has 2 amide bonds. The zero-order valence-electron chi connectivity index (χ0n) is 16.3. The topological polar surface area (TPSA) is 82.1 Å². The van der Waals surface area contributed by atoms with Gasteiger partial charge >= 0.3 is 12.0 Å². The summed E-state index contributed by atoms with van der Waals surface area (Å²) in [7, 11) is 1.73. The van der Waals surface area contributed by atoms with Crippen molar-refractivity contribution >= 4 is 22.8 Å². The molecule has 28 heavy (non-hydrogen) atoms. The van der Waals surface area contributed by atoms with E-state index in [1.807, 2.05) is 25.1 Å². The first kappa shape index (κ1) is 20.1. The van der Waals surface area contributed by atoms with Gasteiger partial charge in [-0.2, -0.15) is 0 Å². The summed E-state index contributed by atoms with van der Waals surface area (Å²) in [6, 6.07) is 14.1. The van der Waals surface area contributed by atoms with Crippen LogP contribution in [0.4, 0.5) is 4.79 Å². The molecule has 7 heteroatoms. The summed E-state index contributed by atoms with van der Waals surface area (Å²) in [5.41, 5.74) is 1.05. The lowest BCUT2D eigenvalue weighted by Gasteiger charge is -2.35. The maximum absolute atomic E-state index is 12.7. The van der Waals surface area contributed by atoms with Crippen LogP contribution >= 0.6 is 0 Å². The molecule has 150 valence electrons. The second-order valence-electron chi connectivity index (χ2n) is 7.31. The van der Waals surface area contributed by atoms with Crippen molar-refractivity contribution in [3.05, 3.63) is 48.0 Å². The number of hydrogen-bond donors (Lipinski definition) is 2. The number of hydrogen-bond acceptors (Lipinski definition) is 4. The van der Waals surface area contributed by atoms with Crippen LogP contribution in [-0.4, -0.2) is 72.8 Å². The Bertz CT molecular complexity index is 841. The van der Waals surface area contributed by atoms with E-state index in [1.165, 1.54) is 5.39 Å². The van der Waals surface area contributed by atoms with Crippen molar-refractivity contribution in [1.29, 1.82) is 0 Å². The SMILES string of the molecule is CC(NC(=O)N1CCOC(CN(C)CC(=O)O)C1)c1ccc2ccccc2c1. The summed E-state index contributed by atoms with van der Waals surface area (Å²) in [5.74, 6) is -0.878. The van der Waals surface area contributed by atoms with Gasteiger partial charge < -0.3 is 20.1 Å². The summed E-state index contributed by atoms with van der Waals surface area (Å²) in [6.07, 6.45) is -0.195. The number of likely N-dealkylation sites (N-methyl/N-ethyl adjacent to an activating group) is 1. The molecule has 2 N–H and O–H groups in total. The first-order chi connectivity index (χ1) is 13.4. The van der Waals surface area contributed by atoms with Crippen molar-refractivity contribution in [1.82, 2.24) is 15.1 Å². The number of fused-ring (bicyclic) bond motifs is 1. The second kappa shape index (κ2) is 9.03. The van der Waals surface area contributed by atoms with Crippen LogP contribution in [0.5, 0.6) is 0 Å². The van der Waals surface area contributed by atoms with E-state index in [1.54, 1.807) is 16.8 Å². The monoisotopic (exact) mass is 385 g/mol. The lowest BCUT2D eigenvalue weighted by molar-refractivity contribution is -0.138. The first-order valence-corrected chi connectivity index (χ1v) is 9.48. The molecule has 0 spiro atoms. The molecule has 2 unspecified atom stereocenters. The van der Waals surface area contributed by atoms with Gasteiger partial charge in [0.25, 0.3) is 0 Å². The van der Waals surface area contributed by atoms with Gasteiger partial charge in [-0.25, -0.2) is 4.79 Å². The summed E-state index contributed by atoms with van der Waals surface area (Å²) in [5, 5.41) is 14.3. The van der Waals surface area contributed by atoms with Gasteiger partial charge in [-0.05, 0) is 36.4 Å². The van der Waals surface area contributed by atoms with Gasteiger partial charge in [0.1, 0.15) is 0 Å². The van der Waals surface area contributed by atoms with Crippen molar-refractivity contribution in [2.75, 3.05) is 39.8 Å². The maximum atomic E-state index is 12.7. The van der Waals surface area contributed by atoms with Gasteiger partial charge in [-0.3, -0.25) is 9.69 Å². The van der Waals surface area contributed by atoms with E-state index < -0.39 is 5.97 Å². The van der Waals surface area contributed by atoms with Gasteiger partial charge in [0.05, 0.1) is 25.3 Å². The van der Waals surface area contributed by atoms with Crippen molar-refractivity contribution in [3.63, 3.8) is 0 Å². The molecule has 7 nitrogen and oxygen atoms in total. The standard InChI is InChI=1S/C21H27N3O4/c1-15(17-8-7-16-5-3-4-6-18(16)11-17)22-21(27)24-9-10-28-19(13-24)12-23(2)14-20(25)26/h3-8,11,15,19H,9-10,12-14H2,1-2H3,(H,22,27)(H,25,26). The van der Waals surface area contributed by atoms with Crippen molar-refractivity contribution < 1.29 is 19.4 Å². The molecule has 1 aliphatic heterocycles. The Labute approximate surface area is 164 Å². The third-order valence-corrected chi connectivity index (χ3v) is 4.96. The van der Waals surface area contributed by atoms with Crippen molar-refractivity contribution in [2.45, 2.75) is 19.1 Å². The zero-order valence-corrected chi connectivity index (χ0v) is 16.3. The van der Waals surface area contributed by atoms with Crippen LogP contribution in [0.25, 0.3) is 10.8 Å². The molecule has 1 saturated heterocycles. The third-order valence-electron chi connectivity index (χ3n) is 4.96. The lowest BCUT2D eigenvalue weighted by atomic mass is 10.0. The smallest absolute Gasteiger partial charge is 0.318 e. The predicted molar refractivity (Wildman–Crippen MR) is 107 cm³/mol. The second-order valence-corrected chi connectivity index (χ2v) is 7.31. The molecule has 1 fully saturated rings. The van der Waals surface area contributed by atoms with Crippen LogP contribution in [0.2, 0.25) is 0 Å². The summed E-state index contributed by atoms with van der Waals surface area (Å²) < 4.78 is 5.69. The molecule has 3 rings (SSSR count). The van der Waals surface area contributed by atoms with Crippen LogP contribution in [0.15, 0.2) is 42.5 Å². The molecule has 0 aromatic heterocycles. The fraction of sp³-hybridized carbons (Fsp3) is 0.429. The highest BCUT2D eigenvalue weighted by Gasteiger charge is 2.26. The van der Waals surface area contributed by atoms with E-state index >= 15 is 0 Å². The van der Waals surface area contributed by atoms with Gasteiger partial charge in [0, 0.05) is 19.6 Å². The molecular weight excluding hydrogens is 358 g/mol. The van der Waals surface area contributed by atoms with Gasteiger partial charge in [0.2, 0.25) is 0 Å². The fourth-order valence-electron chi connectivity index (χ4n) is 3.49. The number of nitrogens with zero attached hydrogens (tertiary/aromatic N) is 2. The molecule has 0 radical (unpaired) electrons. The number of aliphatic carboxylic acids is 1. The molecule has 2 aromatic carbocycles. The number of carbonyl (C=O) groups excluding carboxylic acids is 1. The molecular formula is C21H27N3O4. The molecule has 0 aliphatic carbocycles. The van der Waals surface area contributed by atoms with Crippen LogP contribution < -0.4 is 5.32 Å². The largest absolute Gasteiger partial charge is 0.480 e. The predicted octanol–water partition coefficient (Wildman–Crippen LogP) is 2.33. The Morgan fingerprint density at radius 2 is 2.04 bits per heavy atom. The van der Waals surface area contributed by atoms with Crippen LogP contribution in [0.3, 0.4) is 0 Å². The summed E-state index contributed by atoms with van der Waals surface area (Å²) in [4.78, 5) is 26.9. The Balaban J connectivity index is 1.57. The number of carboxylic acids is 1. The van der Waals surface area contributed by atoms with E-state index in [9.17, 15) is 9.59 Å². The van der Waals surface area contributed by atoms with E-state index in [4.69, 9.17) is 9.84 Å². The Morgan fingerprint density at radius 3 is 2.79 bits per heavy atom. The number of nitrogens with one attached hydrogen (secondary N) is 1. The highest BCUT2D eigenvalue weighted by atomic mass is 16.5. The number of urea groups is 1. The number of amides is 2. The van der Waals surface area contributed by atoms with E-state index in [0.717, 1.165) is 10.9 Å². The molecule has 0 saturated carbocycles. The van der Waals surface area contributed by atoms with E-state index in [2.05, 4.69) is 29.6 Å². The molecule has 1 aliphatic rings. The number of morpholine rings is 1. The average Bonchev–Trinajstić information content (AvgIpc) is 2.67. The number of rotatable bonds is 6. The molecule has 1 heterocycles. The van der Waals surface area contributed by atoms with Gasteiger partial charge in [0.15, 0.2) is 0 Å². The quantitative estimate of drug-likeness (QED) is 0.798. The Kier molecular flexibility index (Phi) is 6.49. The minimum Gasteiger partial charge on any atom is -0.480 e. The van der Waals surface area contributed by atoms with Gasteiger partial charge in [-0.1, -0.05) is 36.4 Å². The maximum Gasteiger partial charge on any atom is 0.318 e. The van der Waals surface area contributed by atoms with Crippen LogP contribution in [0.1, 0.15) is 18.5 Å². The average molecular weight is 385 g/mol. The highest BCUT2D eigenvalue weighted by Crippen LogP contribution is 2.20. The minimum atomic E-state index is -0.878. The molecule has 2 aromatic rings. The molecule has 2 atom stereocenters. The first-order valence-electron chi connectivity index (χ1n) is 9.48. The number of benzene rings is 2. The van der Waals surface area contributed by atoms with Crippen molar-refractivity contribution in [2.24, 2.45) is 0 Å². The summed E-state index contributed by atoms with van der Waals surface area (Å²) >= 11 is 0. The number of carbonyl (C=O) groups is 2. The lowest BCUT2D eigenvalue weighted by Crippen LogP contribution is -2.52.